The van der Waals surface area contributed by atoms with Crippen LogP contribution in [-0.4, -0.2) is 60.1 Å². The molecular formula is C12H22N4O2. The van der Waals surface area contributed by atoms with Crippen LogP contribution in [-0.2, 0) is 4.79 Å². The molecule has 0 unspecified atom stereocenters. The summed E-state index contributed by atoms with van der Waals surface area (Å²) in [6.45, 7) is 5.77. The predicted octanol–water partition coefficient (Wildman–Crippen LogP) is -0.0419. The molecule has 2 heterocycles. The number of amides is 3. The lowest BCUT2D eigenvalue weighted by molar-refractivity contribution is -0.128. The van der Waals surface area contributed by atoms with E-state index in [1.807, 2.05) is 20.9 Å². The first-order valence-corrected chi connectivity index (χ1v) is 6.51. The van der Waals surface area contributed by atoms with E-state index in [1.54, 1.807) is 4.90 Å². The fourth-order valence-corrected chi connectivity index (χ4v) is 2.71. The van der Waals surface area contributed by atoms with Crippen molar-refractivity contribution in [2.45, 2.75) is 38.3 Å². The number of likely N-dealkylation sites (N-methyl/N-ethyl adjacent to an activating group) is 1. The lowest BCUT2D eigenvalue weighted by atomic mass is 9.86. The van der Waals surface area contributed by atoms with Gasteiger partial charge in [0.2, 0.25) is 5.91 Å². The Labute approximate surface area is 108 Å². The third kappa shape index (κ3) is 2.16. The van der Waals surface area contributed by atoms with Crippen LogP contribution >= 0.6 is 0 Å². The van der Waals surface area contributed by atoms with Gasteiger partial charge in [-0.3, -0.25) is 9.69 Å². The number of carbonyl (C=O) groups excluding carboxylic acids is 2. The fourth-order valence-electron chi connectivity index (χ4n) is 2.71. The van der Waals surface area contributed by atoms with Crippen molar-refractivity contribution < 1.29 is 9.59 Å². The van der Waals surface area contributed by atoms with Crippen LogP contribution in [0.5, 0.6) is 0 Å². The molecule has 2 N–H and O–H groups in total. The summed E-state index contributed by atoms with van der Waals surface area (Å²) in [6, 6.07) is 0.117. The number of hydrogen-bond acceptors (Lipinski definition) is 3. The van der Waals surface area contributed by atoms with Gasteiger partial charge in [-0.2, -0.15) is 0 Å². The van der Waals surface area contributed by atoms with Crippen LogP contribution in [0.1, 0.15) is 26.7 Å². The van der Waals surface area contributed by atoms with Crippen molar-refractivity contribution in [3.8, 4) is 0 Å². The molecule has 102 valence electrons. The van der Waals surface area contributed by atoms with E-state index >= 15 is 0 Å². The predicted molar refractivity (Wildman–Crippen MR) is 68.0 cm³/mol. The zero-order chi connectivity index (χ0) is 13.3. The molecule has 0 aromatic carbocycles. The average molecular weight is 254 g/mol. The number of carbonyl (C=O) groups is 2. The summed E-state index contributed by atoms with van der Waals surface area (Å²) < 4.78 is 0. The Bertz CT molecular complexity index is 348. The highest BCUT2D eigenvalue weighted by Crippen LogP contribution is 2.30. The maximum absolute atomic E-state index is 11.9. The van der Waals surface area contributed by atoms with Gasteiger partial charge in [-0.25, -0.2) is 4.79 Å². The molecule has 2 aliphatic rings. The number of rotatable bonds is 1. The van der Waals surface area contributed by atoms with E-state index < -0.39 is 5.54 Å². The van der Waals surface area contributed by atoms with Crippen LogP contribution in [0.2, 0.25) is 0 Å². The third-order valence-electron chi connectivity index (χ3n) is 3.92. The molecule has 18 heavy (non-hydrogen) atoms. The second kappa shape index (κ2) is 4.76. The molecule has 6 nitrogen and oxygen atoms in total. The van der Waals surface area contributed by atoms with Gasteiger partial charge in [0.15, 0.2) is 0 Å². The molecule has 0 aromatic rings. The van der Waals surface area contributed by atoms with E-state index in [9.17, 15) is 9.59 Å². The van der Waals surface area contributed by atoms with E-state index in [0.717, 1.165) is 0 Å². The Morgan fingerprint density at radius 1 is 1.39 bits per heavy atom. The molecular weight excluding hydrogens is 232 g/mol. The summed E-state index contributed by atoms with van der Waals surface area (Å²) in [5.74, 6) is 0.105. The molecule has 2 aliphatic heterocycles. The summed E-state index contributed by atoms with van der Waals surface area (Å²) in [5.41, 5.74) is -0.394. The minimum Gasteiger partial charge on any atom is -0.342 e. The van der Waals surface area contributed by atoms with E-state index in [4.69, 9.17) is 0 Å². The summed E-state index contributed by atoms with van der Waals surface area (Å²) in [5, 5.41) is 5.76. The van der Waals surface area contributed by atoms with E-state index in [2.05, 4.69) is 15.5 Å². The van der Waals surface area contributed by atoms with Crippen molar-refractivity contribution in [2.24, 2.45) is 0 Å². The lowest BCUT2D eigenvalue weighted by Crippen LogP contribution is -2.57. The largest absolute Gasteiger partial charge is 0.342 e. The van der Waals surface area contributed by atoms with Gasteiger partial charge in [0.25, 0.3) is 0 Å². The second-order valence-electron chi connectivity index (χ2n) is 5.48. The molecule has 0 radical (unpaired) electrons. The van der Waals surface area contributed by atoms with Crippen molar-refractivity contribution >= 4 is 11.9 Å². The molecule has 1 spiro atoms. The molecule has 2 fully saturated rings. The quantitative estimate of drug-likeness (QED) is 0.690. The molecule has 0 atom stereocenters. The summed E-state index contributed by atoms with van der Waals surface area (Å²) in [7, 11) is 1.96. The van der Waals surface area contributed by atoms with Crippen LogP contribution in [0.3, 0.4) is 0 Å². The van der Waals surface area contributed by atoms with E-state index in [0.29, 0.717) is 32.6 Å². The number of hydrogen-bond donors (Lipinski definition) is 2. The minimum atomic E-state index is -0.394. The number of piperidine rings is 1. The van der Waals surface area contributed by atoms with Gasteiger partial charge in [0, 0.05) is 19.1 Å². The van der Waals surface area contributed by atoms with Crippen molar-refractivity contribution in [1.82, 2.24) is 20.4 Å². The number of urea groups is 1. The zero-order valence-corrected chi connectivity index (χ0v) is 11.3. The van der Waals surface area contributed by atoms with E-state index in [-0.39, 0.29) is 18.0 Å². The Morgan fingerprint density at radius 2 is 2.00 bits per heavy atom. The van der Waals surface area contributed by atoms with Gasteiger partial charge >= 0.3 is 6.03 Å². The highest BCUT2D eigenvalue weighted by molar-refractivity contribution is 5.88. The molecule has 2 rings (SSSR count). The second-order valence-corrected chi connectivity index (χ2v) is 5.48. The monoisotopic (exact) mass is 254 g/mol. The van der Waals surface area contributed by atoms with Gasteiger partial charge in [0.1, 0.15) is 5.54 Å². The van der Waals surface area contributed by atoms with Gasteiger partial charge in [-0.15, -0.1) is 0 Å². The van der Waals surface area contributed by atoms with Gasteiger partial charge in [-0.05, 0) is 33.7 Å². The molecule has 6 heteroatoms. The van der Waals surface area contributed by atoms with Crippen LogP contribution in [0, 0.1) is 0 Å². The highest BCUT2D eigenvalue weighted by atomic mass is 16.2. The lowest BCUT2D eigenvalue weighted by Gasteiger charge is -2.41. The first-order chi connectivity index (χ1) is 8.45. The SMILES string of the molecule is CC(C)NC(=O)N1CCC2(CC1)C(=O)NCN2C. The Morgan fingerprint density at radius 3 is 2.44 bits per heavy atom. The number of nitrogens with one attached hydrogen (secondary N) is 2. The summed E-state index contributed by atoms with van der Waals surface area (Å²) >= 11 is 0. The molecule has 0 aromatic heterocycles. The first-order valence-electron chi connectivity index (χ1n) is 6.51. The summed E-state index contributed by atoms with van der Waals surface area (Å²) in [6.07, 6.45) is 1.42. The minimum absolute atomic E-state index is 0.0269. The average Bonchev–Trinajstić information content (AvgIpc) is 2.58. The van der Waals surface area contributed by atoms with Crippen LogP contribution in [0.25, 0.3) is 0 Å². The van der Waals surface area contributed by atoms with E-state index in [1.165, 1.54) is 0 Å². The fraction of sp³-hybridized carbons (Fsp3) is 0.833. The zero-order valence-electron chi connectivity index (χ0n) is 11.3. The van der Waals surface area contributed by atoms with Crippen molar-refractivity contribution in [1.29, 1.82) is 0 Å². The molecule has 3 amide bonds. The van der Waals surface area contributed by atoms with Crippen LogP contribution in [0.4, 0.5) is 4.79 Å². The van der Waals surface area contributed by atoms with Crippen molar-refractivity contribution in [3.05, 3.63) is 0 Å². The topological polar surface area (TPSA) is 64.7 Å². The van der Waals surface area contributed by atoms with Crippen LogP contribution in [0.15, 0.2) is 0 Å². The molecule has 0 bridgehead atoms. The highest BCUT2D eigenvalue weighted by Gasteiger charge is 2.48. The van der Waals surface area contributed by atoms with Crippen molar-refractivity contribution in [3.63, 3.8) is 0 Å². The van der Waals surface area contributed by atoms with Gasteiger partial charge < -0.3 is 15.5 Å². The normalized spacial score (nSPS) is 23.6. The van der Waals surface area contributed by atoms with Gasteiger partial charge in [0.05, 0.1) is 6.67 Å². The Hall–Kier alpha value is -1.30. The first kappa shape index (κ1) is 13.1. The molecule has 0 saturated carbocycles. The summed E-state index contributed by atoms with van der Waals surface area (Å²) in [4.78, 5) is 27.7. The van der Waals surface area contributed by atoms with Crippen molar-refractivity contribution in [2.75, 3.05) is 26.8 Å². The smallest absolute Gasteiger partial charge is 0.317 e. The molecule has 2 saturated heterocycles. The number of nitrogens with zero attached hydrogens (tertiary/aromatic N) is 2. The Kier molecular flexibility index (Phi) is 3.47. The maximum Gasteiger partial charge on any atom is 0.317 e. The Balaban J connectivity index is 1.95. The number of likely N-dealkylation sites (tertiary alicyclic amines) is 1. The third-order valence-corrected chi connectivity index (χ3v) is 3.92. The van der Waals surface area contributed by atoms with Crippen LogP contribution < -0.4 is 10.6 Å². The standard InChI is InChI=1S/C12H22N4O2/c1-9(2)14-11(18)16-6-4-12(5-7-16)10(17)13-8-15(12)3/h9H,4-8H2,1-3H3,(H,13,17)(H,14,18). The maximum atomic E-state index is 11.9. The van der Waals surface area contributed by atoms with Gasteiger partial charge in [-0.1, -0.05) is 0 Å². The molecule has 0 aliphatic carbocycles.